The SMILES string of the molecule is CCCCCCCCCCCCCC(=O)C(=O)O[C@@]1(OC2(CO)O[C@H](CO)[C@@H](O)[C@@H]2O)O[C@H](CO)[C@@H](O)[C@H](O)[C@H]1O. The summed E-state index contributed by atoms with van der Waals surface area (Å²) in [6.45, 7) is -0.879. The summed E-state index contributed by atoms with van der Waals surface area (Å²) in [7, 11) is 0. The van der Waals surface area contributed by atoms with Crippen molar-refractivity contribution in [1.29, 1.82) is 0 Å². The van der Waals surface area contributed by atoms with Crippen LogP contribution in [0.5, 0.6) is 0 Å². The van der Waals surface area contributed by atoms with Crippen molar-refractivity contribution in [2.45, 2.75) is 138 Å². The number of carbonyl (C=O) groups is 2. The highest BCUT2D eigenvalue weighted by molar-refractivity contribution is 6.33. The van der Waals surface area contributed by atoms with Crippen LogP contribution in [0.15, 0.2) is 0 Å². The lowest BCUT2D eigenvalue weighted by Crippen LogP contribution is -2.71. The van der Waals surface area contributed by atoms with Gasteiger partial charge in [-0.1, -0.05) is 71.1 Å². The van der Waals surface area contributed by atoms with Gasteiger partial charge >= 0.3 is 11.9 Å². The van der Waals surface area contributed by atoms with Gasteiger partial charge in [0.15, 0.2) is 6.10 Å². The van der Waals surface area contributed by atoms with E-state index >= 15 is 0 Å². The van der Waals surface area contributed by atoms with Gasteiger partial charge < -0.3 is 55.1 Å². The second-order valence-corrected chi connectivity index (χ2v) is 10.8. The molecule has 41 heavy (non-hydrogen) atoms. The Morgan fingerprint density at radius 2 is 1.20 bits per heavy atom. The number of ketones is 1. The molecule has 14 nitrogen and oxygen atoms in total. The minimum absolute atomic E-state index is 0.216. The standard InChI is InChI=1S/C27H48O14/c1-2-3-4-5-6-7-8-9-10-11-12-13-17(31)25(37)40-27(24(36)22(34)20(32)18(14-28)39-27)41-26(16-30)23(35)21(33)19(15-29)38-26/h18-24,28-30,32-36H,2-16H2,1H3/t18-,19-,20-,21-,22+,23+,24-,26?,27+/m1/s1. The summed E-state index contributed by atoms with van der Waals surface area (Å²) in [5, 5.41) is 81.1. The quantitative estimate of drug-likeness (QED) is 0.0377. The number of aliphatic hydroxyl groups is 8. The summed E-state index contributed by atoms with van der Waals surface area (Å²) >= 11 is 0. The van der Waals surface area contributed by atoms with E-state index in [9.17, 15) is 50.4 Å². The van der Waals surface area contributed by atoms with Crippen LogP contribution in [-0.2, 0) is 28.5 Å². The van der Waals surface area contributed by atoms with Crippen LogP contribution in [-0.4, -0.2) is 127 Å². The summed E-state index contributed by atoms with van der Waals surface area (Å²) in [4.78, 5) is 25.4. The van der Waals surface area contributed by atoms with Crippen molar-refractivity contribution in [3.63, 3.8) is 0 Å². The number of ether oxygens (including phenoxy) is 4. The van der Waals surface area contributed by atoms with Crippen LogP contribution in [0.2, 0.25) is 0 Å². The zero-order valence-corrected chi connectivity index (χ0v) is 23.7. The average molecular weight is 597 g/mol. The maximum Gasteiger partial charge on any atom is 0.378 e. The first-order chi connectivity index (χ1) is 19.5. The molecule has 240 valence electrons. The van der Waals surface area contributed by atoms with Crippen molar-refractivity contribution in [3.05, 3.63) is 0 Å². The van der Waals surface area contributed by atoms with E-state index in [2.05, 4.69) is 6.92 Å². The van der Waals surface area contributed by atoms with Crippen LogP contribution in [0.3, 0.4) is 0 Å². The van der Waals surface area contributed by atoms with Crippen molar-refractivity contribution in [3.8, 4) is 0 Å². The zero-order chi connectivity index (χ0) is 30.6. The molecule has 0 aliphatic carbocycles. The van der Waals surface area contributed by atoms with Crippen LogP contribution in [0.4, 0.5) is 0 Å². The highest BCUT2D eigenvalue weighted by Crippen LogP contribution is 2.41. The molecule has 8 N–H and O–H groups in total. The lowest BCUT2D eigenvalue weighted by molar-refractivity contribution is -0.497. The van der Waals surface area contributed by atoms with E-state index in [1.165, 1.54) is 32.1 Å². The summed E-state index contributed by atoms with van der Waals surface area (Å²) in [6.07, 6.45) is -2.54. The molecular formula is C27H48O14. The maximum atomic E-state index is 12.8. The fourth-order valence-electron chi connectivity index (χ4n) is 5.03. The summed E-state index contributed by atoms with van der Waals surface area (Å²) in [5.41, 5.74) is 0. The number of aliphatic hydroxyl groups excluding tert-OH is 8. The first-order valence-electron chi connectivity index (χ1n) is 14.6. The van der Waals surface area contributed by atoms with Gasteiger partial charge in [-0.15, -0.1) is 0 Å². The lowest BCUT2D eigenvalue weighted by atomic mass is 9.97. The average Bonchev–Trinajstić information content (AvgIpc) is 3.21. The largest absolute Gasteiger partial charge is 0.399 e. The molecule has 0 spiro atoms. The Morgan fingerprint density at radius 1 is 0.683 bits per heavy atom. The van der Waals surface area contributed by atoms with Gasteiger partial charge in [0.25, 0.3) is 0 Å². The first-order valence-corrected chi connectivity index (χ1v) is 14.6. The third-order valence-electron chi connectivity index (χ3n) is 7.60. The lowest BCUT2D eigenvalue weighted by Gasteiger charge is -2.49. The number of rotatable bonds is 19. The Balaban J connectivity index is 2.04. The van der Waals surface area contributed by atoms with Crippen molar-refractivity contribution in [1.82, 2.24) is 0 Å². The molecule has 9 atom stereocenters. The van der Waals surface area contributed by atoms with Crippen molar-refractivity contribution in [2.24, 2.45) is 0 Å². The third-order valence-corrected chi connectivity index (χ3v) is 7.60. The van der Waals surface area contributed by atoms with Gasteiger partial charge in [0, 0.05) is 6.42 Å². The molecular weight excluding hydrogens is 548 g/mol. The van der Waals surface area contributed by atoms with E-state index in [0.717, 1.165) is 25.7 Å². The number of hydrogen-bond acceptors (Lipinski definition) is 14. The molecule has 0 bridgehead atoms. The van der Waals surface area contributed by atoms with Crippen molar-refractivity contribution < 1.29 is 69.4 Å². The minimum Gasteiger partial charge on any atom is -0.399 e. The highest BCUT2D eigenvalue weighted by atomic mass is 16.9. The van der Waals surface area contributed by atoms with Crippen molar-refractivity contribution in [2.75, 3.05) is 19.8 Å². The molecule has 2 fully saturated rings. The van der Waals surface area contributed by atoms with Gasteiger partial charge in [-0.05, 0) is 6.42 Å². The Hall–Kier alpha value is -1.30. The Kier molecular flexibility index (Phi) is 15.0. The molecule has 2 aliphatic rings. The molecule has 0 aromatic heterocycles. The Morgan fingerprint density at radius 3 is 1.68 bits per heavy atom. The molecule has 0 amide bonds. The topological polar surface area (TPSA) is 233 Å². The molecule has 2 aliphatic heterocycles. The fraction of sp³-hybridized carbons (Fsp3) is 0.926. The number of hydrogen-bond donors (Lipinski definition) is 8. The summed E-state index contributed by atoms with van der Waals surface area (Å²) in [5.74, 6) is -8.46. The van der Waals surface area contributed by atoms with Crippen LogP contribution in [0, 0.1) is 0 Å². The predicted molar refractivity (Wildman–Crippen MR) is 140 cm³/mol. The van der Waals surface area contributed by atoms with E-state index < -0.39 is 86.1 Å². The molecule has 0 saturated carbocycles. The number of unbranched alkanes of at least 4 members (excludes halogenated alkanes) is 10. The molecule has 2 rings (SSSR count). The van der Waals surface area contributed by atoms with Crippen LogP contribution >= 0.6 is 0 Å². The van der Waals surface area contributed by atoms with Gasteiger partial charge in [0.05, 0.1) is 13.2 Å². The van der Waals surface area contributed by atoms with Gasteiger partial charge in [0.2, 0.25) is 11.6 Å². The minimum atomic E-state index is -3.19. The van der Waals surface area contributed by atoms with Crippen LogP contribution in [0.1, 0.15) is 84.0 Å². The normalized spacial score (nSPS) is 35.5. The third kappa shape index (κ3) is 9.10. The second-order valence-electron chi connectivity index (χ2n) is 10.8. The van der Waals surface area contributed by atoms with Crippen LogP contribution < -0.4 is 0 Å². The highest BCUT2D eigenvalue weighted by Gasteiger charge is 2.66. The van der Waals surface area contributed by atoms with Gasteiger partial charge in [0.1, 0.15) is 43.2 Å². The van der Waals surface area contributed by atoms with Gasteiger partial charge in [-0.2, -0.15) is 0 Å². The predicted octanol–water partition coefficient (Wildman–Crippen LogP) is -1.25. The maximum absolute atomic E-state index is 12.8. The Labute approximate surface area is 239 Å². The second kappa shape index (κ2) is 17.1. The molecule has 1 unspecified atom stereocenters. The molecule has 0 aromatic carbocycles. The summed E-state index contributed by atoms with van der Waals surface area (Å²) in [6, 6.07) is 0. The smallest absolute Gasteiger partial charge is 0.378 e. The van der Waals surface area contributed by atoms with Crippen LogP contribution in [0.25, 0.3) is 0 Å². The number of esters is 1. The van der Waals surface area contributed by atoms with Crippen molar-refractivity contribution >= 4 is 11.8 Å². The van der Waals surface area contributed by atoms with Gasteiger partial charge in [-0.3, -0.25) is 9.53 Å². The number of carbonyl (C=O) groups excluding carboxylic acids is 2. The molecule has 0 radical (unpaired) electrons. The zero-order valence-electron chi connectivity index (χ0n) is 23.7. The molecule has 14 heteroatoms. The number of Topliss-reactive ketones (excluding diaryl/α,β-unsaturated/α-hetero) is 1. The summed E-state index contributed by atoms with van der Waals surface area (Å²) < 4.78 is 21.1. The van der Waals surface area contributed by atoms with E-state index in [4.69, 9.17) is 18.9 Å². The van der Waals surface area contributed by atoms with E-state index in [1.807, 2.05) is 0 Å². The molecule has 2 heterocycles. The molecule has 0 aromatic rings. The van der Waals surface area contributed by atoms with Gasteiger partial charge in [-0.25, -0.2) is 4.79 Å². The van der Waals surface area contributed by atoms with E-state index in [1.54, 1.807) is 0 Å². The molecule has 2 saturated heterocycles. The van der Waals surface area contributed by atoms with E-state index in [0.29, 0.717) is 12.8 Å². The van der Waals surface area contributed by atoms with E-state index in [-0.39, 0.29) is 6.42 Å². The fourth-order valence-corrected chi connectivity index (χ4v) is 5.03. The Bertz CT molecular complexity index is 796. The monoisotopic (exact) mass is 596 g/mol. The first kappa shape index (κ1) is 35.9.